The highest BCUT2D eigenvalue weighted by atomic mass is 28.3. The molecule has 3 aromatic rings. The molecule has 1 atom stereocenters. The lowest BCUT2D eigenvalue weighted by molar-refractivity contribution is 0.425. The van der Waals surface area contributed by atoms with Gasteiger partial charge < -0.3 is 4.90 Å². The van der Waals surface area contributed by atoms with Crippen LogP contribution in [0.15, 0.2) is 79.0 Å². The average molecular weight is 482 g/mol. The summed E-state index contributed by atoms with van der Waals surface area (Å²) in [5, 5.41) is 1.55. The van der Waals surface area contributed by atoms with E-state index in [0.29, 0.717) is 0 Å². The van der Waals surface area contributed by atoms with Crippen LogP contribution < -0.4 is 15.0 Å². The SMILES string of the molecule is C=C1C2N(c3ccccc3C1(CC)CC)c1nccc([Si](CC)(CC)CC)c1N2c1ccccc1. The highest BCUT2D eigenvalue weighted by Gasteiger charge is 2.53. The minimum Gasteiger partial charge on any atom is -0.313 e. The average Bonchev–Trinajstić information content (AvgIpc) is 3.27. The van der Waals surface area contributed by atoms with Crippen LogP contribution in [0, 0.1) is 0 Å². The van der Waals surface area contributed by atoms with Crippen molar-refractivity contribution >= 4 is 36.1 Å². The molecule has 5 rings (SSSR count). The van der Waals surface area contributed by atoms with Gasteiger partial charge in [0.1, 0.15) is 6.17 Å². The van der Waals surface area contributed by atoms with E-state index in [-0.39, 0.29) is 11.6 Å². The largest absolute Gasteiger partial charge is 0.313 e. The van der Waals surface area contributed by atoms with E-state index in [2.05, 4.69) is 111 Å². The second kappa shape index (κ2) is 8.98. The Hall–Kier alpha value is -2.85. The van der Waals surface area contributed by atoms with Crippen LogP contribution in [0.5, 0.6) is 0 Å². The first-order valence-electron chi connectivity index (χ1n) is 13.4. The van der Waals surface area contributed by atoms with E-state index in [9.17, 15) is 0 Å². The highest BCUT2D eigenvalue weighted by Crippen LogP contribution is 2.58. The molecular formula is C31H39N3Si. The van der Waals surface area contributed by atoms with Gasteiger partial charge in [0.25, 0.3) is 0 Å². The number of pyridine rings is 1. The molecular weight excluding hydrogens is 442 g/mol. The van der Waals surface area contributed by atoms with Crippen molar-refractivity contribution in [3.63, 3.8) is 0 Å². The summed E-state index contributed by atoms with van der Waals surface area (Å²) in [6.45, 7) is 16.7. The number of hydrogen-bond acceptors (Lipinski definition) is 3. The fraction of sp³-hybridized carbons (Fsp3) is 0.387. The third-order valence-electron chi connectivity index (χ3n) is 9.31. The number of para-hydroxylation sites is 2. The van der Waals surface area contributed by atoms with Crippen LogP contribution in [-0.2, 0) is 5.41 Å². The number of nitrogens with zero attached hydrogens (tertiary/aromatic N) is 3. The molecule has 0 aliphatic carbocycles. The quantitative estimate of drug-likeness (QED) is 0.251. The van der Waals surface area contributed by atoms with Crippen molar-refractivity contribution in [2.75, 3.05) is 9.80 Å². The molecule has 4 heteroatoms. The van der Waals surface area contributed by atoms with Gasteiger partial charge >= 0.3 is 0 Å². The monoisotopic (exact) mass is 481 g/mol. The maximum atomic E-state index is 5.09. The first-order chi connectivity index (χ1) is 17.0. The number of anilines is 4. The highest BCUT2D eigenvalue weighted by molar-refractivity contribution is 6.93. The summed E-state index contributed by atoms with van der Waals surface area (Å²) in [6.07, 6.45) is 4.17. The van der Waals surface area contributed by atoms with E-state index in [4.69, 9.17) is 11.6 Å². The fourth-order valence-electron chi connectivity index (χ4n) is 6.97. The van der Waals surface area contributed by atoms with Crippen LogP contribution in [0.3, 0.4) is 0 Å². The van der Waals surface area contributed by atoms with Gasteiger partial charge in [0.2, 0.25) is 0 Å². The maximum Gasteiger partial charge on any atom is 0.158 e. The smallest absolute Gasteiger partial charge is 0.158 e. The van der Waals surface area contributed by atoms with Gasteiger partial charge in [-0.25, -0.2) is 4.98 Å². The van der Waals surface area contributed by atoms with Crippen LogP contribution in [0.4, 0.5) is 22.9 Å². The molecule has 3 nitrogen and oxygen atoms in total. The molecule has 0 radical (unpaired) electrons. The second-order valence-electron chi connectivity index (χ2n) is 10.2. The standard InChI is InChI=1S/C31H39N3Si/c1-7-31(8-2)23(6)30-33(24-17-13-12-14-18-24)28-27(35(9-3,10-4)11-5)21-22-32-29(28)34(30)26-20-16-15-19-25(26)31/h12-22,30H,6-11H2,1-5H3. The Morgan fingerprint density at radius 1 is 0.829 bits per heavy atom. The molecule has 182 valence electrons. The summed E-state index contributed by atoms with van der Waals surface area (Å²) in [4.78, 5) is 10.2. The predicted molar refractivity (Wildman–Crippen MR) is 153 cm³/mol. The minimum absolute atomic E-state index is 0.0214. The van der Waals surface area contributed by atoms with Crippen LogP contribution in [-0.4, -0.2) is 19.2 Å². The summed E-state index contributed by atoms with van der Waals surface area (Å²) in [6, 6.07) is 26.0. The van der Waals surface area contributed by atoms with Crippen LogP contribution in [0.1, 0.15) is 53.0 Å². The van der Waals surface area contributed by atoms with Gasteiger partial charge in [-0.05, 0) is 53.4 Å². The fourth-order valence-corrected chi connectivity index (χ4v) is 10.8. The van der Waals surface area contributed by atoms with E-state index in [1.807, 2.05) is 0 Å². The zero-order valence-electron chi connectivity index (χ0n) is 22.0. The molecule has 0 amide bonds. The van der Waals surface area contributed by atoms with Gasteiger partial charge in [-0.3, -0.25) is 4.90 Å². The summed E-state index contributed by atoms with van der Waals surface area (Å²) in [5.74, 6) is 1.10. The minimum atomic E-state index is -1.69. The number of hydrogen-bond donors (Lipinski definition) is 0. The molecule has 0 saturated heterocycles. The molecule has 0 N–H and O–H groups in total. The number of aromatic nitrogens is 1. The molecule has 35 heavy (non-hydrogen) atoms. The first-order valence-corrected chi connectivity index (χ1v) is 16.1. The molecule has 0 bridgehead atoms. The van der Waals surface area contributed by atoms with Crippen molar-refractivity contribution < 1.29 is 0 Å². The van der Waals surface area contributed by atoms with Crippen molar-refractivity contribution in [3.8, 4) is 0 Å². The lowest BCUT2D eigenvalue weighted by Gasteiger charge is -2.49. The van der Waals surface area contributed by atoms with Crippen molar-refractivity contribution in [1.29, 1.82) is 0 Å². The Kier molecular flexibility index (Phi) is 6.12. The summed E-state index contributed by atoms with van der Waals surface area (Å²) in [7, 11) is -1.69. The Balaban J connectivity index is 1.87. The van der Waals surface area contributed by atoms with Crippen LogP contribution >= 0.6 is 0 Å². The molecule has 1 unspecified atom stereocenters. The number of rotatable bonds is 7. The van der Waals surface area contributed by atoms with Gasteiger partial charge in [0, 0.05) is 23.0 Å². The van der Waals surface area contributed by atoms with Crippen molar-refractivity contribution in [3.05, 3.63) is 84.6 Å². The van der Waals surface area contributed by atoms with Gasteiger partial charge in [0.15, 0.2) is 5.82 Å². The Morgan fingerprint density at radius 2 is 1.46 bits per heavy atom. The lowest BCUT2D eigenvalue weighted by Crippen LogP contribution is -2.52. The summed E-state index contributed by atoms with van der Waals surface area (Å²) < 4.78 is 0. The third kappa shape index (κ3) is 3.19. The van der Waals surface area contributed by atoms with Gasteiger partial charge in [-0.15, -0.1) is 0 Å². The van der Waals surface area contributed by atoms with E-state index in [0.717, 1.165) is 18.7 Å². The van der Waals surface area contributed by atoms with E-state index >= 15 is 0 Å². The topological polar surface area (TPSA) is 19.4 Å². The zero-order chi connectivity index (χ0) is 24.8. The van der Waals surface area contributed by atoms with Crippen LogP contribution in [0.2, 0.25) is 18.1 Å². The summed E-state index contributed by atoms with van der Waals surface area (Å²) in [5.41, 5.74) is 6.45. The molecule has 0 saturated carbocycles. The van der Waals surface area contributed by atoms with Crippen molar-refractivity contribution in [2.24, 2.45) is 0 Å². The molecule has 0 fully saturated rings. The van der Waals surface area contributed by atoms with E-state index in [1.54, 1.807) is 5.19 Å². The van der Waals surface area contributed by atoms with Crippen molar-refractivity contribution in [1.82, 2.24) is 4.98 Å². The first kappa shape index (κ1) is 23.9. The van der Waals surface area contributed by atoms with Gasteiger partial charge in [-0.2, -0.15) is 0 Å². The number of fused-ring (bicyclic) bond motifs is 5. The molecule has 2 aliphatic heterocycles. The Labute approximate surface area is 212 Å². The van der Waals surface area contributed by atoms with E-state index < -0.39 is 8.07 Å². The molecule has 3 heterocycles. The summed E-state index contributed by atoms with van der Waals surface area (Å²) >= 11 is 0. The third-order valence-corrected chi connectivity index (χ3v) is 14.9. The van der Waals surface area contributed by atoms with Gasteiger partial charge in [0.05, 0.1) is 13.8 Å². The zero-order valence-corrected chi connectivity index (χ0v) is 23.0. The normalized spacial score (nSPS) is 18.3. The Bertz CT molecular complexity index is 1220. The predicted octanol–water partition coefficient (Wildman–Crippen LogP) is 8.04. The molecule has 2 aliphatic rings. The lowest BCUT2D eigenvalue weighted by atomic mass is 9.66. The van der Waals surface area contributed by atoms with E-state index in [1.165, 1.54) is 46.3 Å². The Morgan fingerprint density at radius 3 is 2.09 bits per heavy atom. The van der Waals surface area contributed by atoms with Crippen LogP contribution in [0.25, 0.3) is 0 Å². The van der Waals surface area contributed by atoms with Crippen molar-refractivity contribution in [2.45, 2.75) is 77.2 Å². The molecule has 1 aromatic heterocycles. The second-order valence-corrected chi connectivity index (χ2v) is 15.4. The molecule has 2 aromatic carbocycles. The maximum absolute atomic E-state index is 5.09. The van der Waals surface area contributed by atoms with Gasteiger partial charge in [-0.1, -0.05) is 95.7 Å². The molecule has 0 spiro atoms. The number of benzene rings is 2.